The molecule has 0 saturated heterocycles. The Labute approximate surface area is 85.7 Å². The molecule has 0 unspecified atom stereocenters. The minimum Gasteiger partial charge on any atom is -0.267 e. The van der Waals surface area contributed by atoms with Gasteiger partial charge in [0.25, 0.3) is 11.8 Å². The Morgan fingerprint density at radius 2 is 1.33 bits per heavy atom. The Bertz CT molecular complexity index is 553. The fourth-order valence-corrected chi connectivity index (χ4v) is 1.91. The van der Waals surface area contributed by atoms with Gasteiger partial charge < -0.3 is 0 Å². The summed E-state index contributed by atoms with van der Waals surface area (Å²) in [5.74, 6) is -0.881. The second-order valence-electron chi connectivity index (χ2n) is 3.43. The molecule has 3 rings (SSSR count). The smallest absolute Gasteiger partial charge is 0.267 e. The lowest BCUT2D eigenvalue weighted by atomic mass is 9.95. The monoisotopic (exact) mass is 196 g/mol. The average Bonchev–Trinajstić information content (AvgIpc) is 2.25. The lowest BCUT2D eigenvalue weighted by Crippen LogP contribution is -2.28. The Morgan fingerprint density at radius 3 is 1.87 bits per heavy atom. The zero-order valence-electron chi connectivity index (χ0n) is 7.73. The molecule has 0 bridgehead atoms. The van der Waals surface area contributed by atoms with Crippen molar-refractivity contribution in [2.24, 2.45) is 0 Å². The van der Waals surface area contributed by atoms with Crippen molar-refractivity contribution in [3.63, 3.8) is 0 Å². The van der Waals surface area contributed by atoms with Crippen LogP contribution in [0.4, 0.5) is 0 Å². The molecule has 1 aliphatic heterocycles. The van der Waals surface area contributed by atoms with Gasteiger partial charge in [-0.3, -0.25) is 9.59 Å². The highest BCUT2D eigenvalue weighted by atomic mass is 16.2. The van der Waals surface area contributed by atoms with Crippen molar-refractivity contribution in [3.8, 4) is 0 Å². The van der Waals surface area contributed by atoms with Gasteiger partial charge in [0.2, 0.25) is 0 Å². The quantitative estimate of drug-likeness (QED) is 0.602. The van der Waals surface area contributed by atoms with Crippen molar-refractivity contribution in [3.05, 3.63) is 47.5 Å². The van der Waals surface area contributed by atoms with E-state index >= 15 is 0 Å². The third kappa shape index (κ3) is 1.00. The molecule has 71 valence electrons. The van der Waals surface area contributed by atoms with E-state index in [0.717, 1.165) is 10.8 Å². The van der Waals surface area contributed by atoms with Gasteiger partial charge >= 0.3 is 0 Å². The zero-order valence-corrected chi connectivity index (χ0v) is 7.73. The first kappa shape index (κ1) is 8.17. The van der Waals surface area contributed by atoms with Crippen molar-refractivity contribution in [1.82, 2.24) is 5.32 Å². The maximum absolute atomic E-state index is 11.5. The van der Waals surface area contributed by atoms with E-state index < -0.39 is 11.8 Å². The van der Waals surface area contributed by atoms with Gasteiger partial charge in [-0.25, -0.2) is 0 Å². The van der Waals surface area contributed by atoms with Crippen LogP contribution in [0.3, 0.4) is 0 Å². The molecule has 0 aromatic heterocycles. The number of hydrogen-bond acceptors (Lipinski definition) is 2. The predicted octanol–water partition coefficient (Wildman–Crippen LogP) is 1.74. The van der Waals surface area contributed by atoms with Crippen LogP contribution in [-0.2, 0) is 0 Å². The highest BCUT2D eigenvalue weighted by Gasteiger charge is 2.25. The van der Waals surface area contributed by atoms with Crippen LogP contribution in [0.1, 0.15) is 20.7 Å². The van der Waals surface area contributed by atoms with Crippen LogP contribution in [0, 0.1) is 0 Å². The second kappa shape index (κ2) is 2.67. The molecule has 1 heterocycles. The van der Waals surface area contributed by atoms with E-state index in [1.165, 1.54) is 0 Å². The third-order valence-corrected chi connectivity index (χ3v) is 2.57. The number of carbonyl (C=O) groups excluding carboxylic acids is 2. The topological polar surface area (TPSA) is 48.2 Å². The van der Waals surface area contributed by atoms with Crippen LogP contribution in [-0.4, -0.2) is 11.8 Å². The Balaban J connectivity index is 2.56. The molecule has 0 saturated carbocycles. The predicted molar refractivity (Wildman–Crippen MR) is 54.7 cm³/mol. The molecular weight excluding hydrogens is 190 g/mol. The molecule has 15 heavy (non-hydrogen) atoms. The maximum Gasteiger partial charge on any atom is 0.281 e. The summed E-state index contributed by atoms with van der Waals surface area (Å²) in [7, 11) is 0. The Morgan fingerprint density at radius 1 is 0.800 bits per heavy atom. The van der Waals surface area contributed by atoms with Gasteiger partial charge in [0.1, 0.15) is 0 Å². The van der Waals surface area contributed by atoms with E-state index in [1.54, 1.807) is 24.3 Å². The SMILES string of the molecule is O=C1[N]C(=O)c2cccc3cccc1c23. The zero-order chi connectivity index (χ0) is 10.4. The molecule has 0 N–H and O–H groups in total. The third-order valence-electron chi connectivity index (χ3n) is 2.57. The van der Waals surface area contributed by atoms with Crippen molar-refractivity contribution >= 4 is 22.6 Å². The molecule has 2 aromatic carbocycles. The van der Waals surface area contributed by atoms with Crippen molar-refractivity contribution in [1.29, 1.82) is 0 Å². The summed E-state index contributed by atoms with van der Waals surface area (Å²) >= 11 is 0. The molecular formula is C12H6NO2. The summed E-state index contributed by atoms with van der Waals surface area (Å²) in [6.45, 7) is 0. The minimum atomic E-state index is -0.440. The van der Waals surface area contributed by atoms with Crippen LogP contribution in [0.15, 0.2) is 36.4 Å². The lowest BCUT2D eigenvalue weighted by Gasteiger charge is -2.13. The number of hydrogen-bond donors (Lipinski definition) is 0. The second-order valence-corrected chi connectivity index (χ2v) is 3.43. The molecule has 2 aromatic rings. The molecule has 1 aliphatic rings. The number of rotatable bonds is 0. The molecule has 3 heteroatoms. The van der Waals surface area contributed by atoms with Gasteiger partial charge in [0, 0.05) is 5.39 Å². The summed E-state index contributed by atoms with van der Waals surface area (Å²) in [6.07, 6.45) is 0. The Kier molecular flexibility index (Phi) is 1.45. The van der Waals surface area contributed by atoms with Crippen molar-refractivity contribution in [2.75, 3.05) is 0 Å². The fraction of sp³-hybridized carbons (Fsp3) is 0. The average molecular weight is 196 g/mol. The van der Waals surface area contributed by atoms with Gasteiger partial charge in [-0.1, -0.05) is 24.3 Å². The largest absolute Gasteiger partial charge is 0.281 e. The standard InChI is InChI=1S/C12H6NO2/c14-11-8-5-1-3-7-4-2-6-9(10(7)8)12(15)13-11/h1-6H. The highest BCUT2D eigenvalue weighted by molar-refractivity contribution is 6.25. The van der Waals surface area contributed by atoms with Gasteiger partial charge in [0.05, 0.1) is 11.1 Å². The number of amides is 2. The van der Waals surface area contributed by atoms with Gasteiger partial charge in [-0.05, 0) is 17.5 Å². The molecule has 2 amide bonds. The molecule has 0 atom stereocenters. The van der Waals surface area contributed by atoms with Crippen molar-refractivity contribution in [2.45, 2.75) is 0 Å². The minimum absolute atomic E-state index is 0.440. The van der Waals surface area contributed by atoms with Gasteiger partial charge in [-0.15, -0.1) is 0 Å². The van der Waals surface area contributed by atoms with E-state index in [0.29, 0.717) is 11.1 Å². The van der Waals surface area contributed by atoms with E-state index in [2.05, 4.69) is 5.32 Å². The van der Waals surface area contributed by atoms with Crippen LogP contribution in [0.2, 0.25) is 0 Å². The summed E-state index contributed by atoms with van der Waals surface area (Å²) in [4.78, 5) is 23.0. The van der Waals surface area contributed by atoms with E-state index in [9.17, 15) is 9.59 Å². The summed E-state index contributed by atoms with van der Waals surface area (Å²) in [6, 6.07) is 10.8. The normalized spacial score (nSPS) is 14.1. The first-order chi connectivity index (χ1) is 7.27. The van der Waals surface area contributed by atoms with E-state index in [-0.39, 0.29) is 0 Å². The van der Waals surface area contributed by atoms with Crippen LogP contribution < -0.4 is 5.32 Å². The van der Waals surface area contributed by atoms with Gasteiger partial charge in [0.15, 0.2) is 0 Å². The number of benzene rings is 2. The lowest BCUT2D eigenvalue weighted by molar-refractivity contribution is 0.0838. The number of imide groups is 1. The first-order valence-electron chi connectivity index (χ1n) is 4.59. The molecule has 0 spiro atoms. The molecule has 0 fully saturated rings. The summed E-state index contributed by atoms with van der Waals surface area (Å²) < 4.78 is 0. The highest BCUT2D eigenvalue weighted by Crippen LogP contribution is 2.26. The summed E-state index contributed by atoms with van der Waals surface area (Å²) in [5, 5.41) is 5.10. The van der Waals surface area contributed by atoms with E-state index in [1.807, 2.05) is 12.1 Å². The van der Waals surface area contributed by atoms with E-state index in [4.69, 9.17) is 0 Å². The first-order valence-corrected chi connectivity index (χ1v) is 4.59. The van der Waals surface area contributed by atoms with Gasteiger partial charge in [-0.2, -0.15) is 5.32 Å². The number of carbonyl (C=O) groups is 2. The fourth-order valence-electron chi connectivity index (χ4n) is 1.91. The van der Waals surface area contributed by atoms with Crippen LogP contribution in [0.25, 0.3) is 10.8 Å². The molecule has 1 radical (unpaired) electrons. The maximum atomic E-state index is 11.5. The summed E-state index contributed by atoms with van der Waals surface area (Å²) in [5.41, 5.74) is 1.03. The number of nitrogens with zero attached hydrogens (tertiary/aromatic N) is 1. The van der Waals surface area contributed by atoms with Crippen molar-refractivity contribution < 1.29 is 9.59 Å². The van der Waals surface area contributed by atoms with Crippen LogP contribution >= 0.6 is 0 Å². The Hall–Kier alpha value is -2.16. The van der Waals surface area contributed by atoms with Crippen LogP contribution in [0.5, 0.6) is 0 Å². The molecule has 3 nitrogen and oxygen atoms in total. The molecule has 0 aliphatic carbocycles.